The number of halogens is 4. The van der Waals surface area contributed by atoms with Gasteiger partial charge in [0.1, 0.15) is 5.54 Å². The second kappa shape index (κ2) is 9.81. The van der Waals surface area contributed by atoms with E-state index in [1.54, 1.807) is 31.4 Å². The normalized spacial score (nSPS) is 12.0. The Morgan fingerprint density at radius 3 is 2.65 bits per heavy atom. The standard InChI is InChI=1S/C23H23ClF3N7O3/c1-22(2,23(25,26)27)31-18(35)11-37-16-8-5-12(9-17(16)36-4)20-30-21(34(3)33-20)29-15-7-6-14-13(19(15)24)10-28-32-14/h5-10H,11H2,1-4H3,(H,28,32)(H,31,35)(H,29,30,33). The molecule has 0 aliphatic rings. The molecule has 10 nitrogen and oxygen atoms in total. The Bertz CT molecular complexity index is 1450. The van der Waals surface area contributed by atoms with E-state index in [0.717, 1.165) is 24.8 Å². The number of nitrogens with one attached hydrogen (secondary N) is 3. The number of H-pyrrole nitrogens is 1. The number of benzene rings is 2. The number of aromatic amines is 1. The third-order valence-corrected chi connectivity index (χ3v) is 5.92. The van der Waals surface area contributed by atoms with Crippen LogP contribution in [0, 0.1) is 0 Å². The van der Waals surface area contributed by atoms with Gasteiger partial charge in [0.25, 0.3) is 5.91 Å². The highest BCUT2D eigenvalue weighted by atomic mass is 35.5. The van der Waals surface area contributed by atoms with Gasteiger partial charge in [0.05, 0.1) is 29.5 Å². The molecule has 3 N–H and O–H groups in total. The lowest BCUT2D eigenvalue weighted by molar-refractivity contribution is -0.188. The smallest absolute Gasteiger partial charge is 0.410 e. The molecule has 2 heterocycles. The van der Waals surface area contributed by atoms with Gasteiger partial charge in [-0.25, -0.2) is 4.68 Å². The van der Waals surface area contributed by atoms with E-state index in [0.29, 0.717) is 28.0 Å². The van der Waals surface area contributed by atoms with Crippen molar-refractivity contribution in [3.05, 3.63) is 41.6 Å². The van der Waals surface area contributed by atoms with Gasteiger partial charge in [-0.3, -0.25) is 9.89 Å². The van der Waals surface area contributed by atoms with Gasteiger partial charge >= 0.3 is 6.18 Å². The first kappa shape index (κ1) is 26.1. The fraction of sp³-hybridized carbons (Fsp3) is 0.304. The minimum Gasteiger partial charge on any atom is -0.493 e. The first-order valence-electron chi connectivity index (χ1n) is 10.9. The van der Waals surface area contributed by atoms with Crippen molar-refractivity contribution in [2.45, 2.75) is 25.6 Å². The number of carbonyl (C=O) groups excluding carboxylic acids is 1. The molecule has 0 bridgehead atoms. The number of fused-ring (bicyclic) bond motifs is 1. The summed E-state index contributed by atoms with van der Waals surface area (Å²) in [6.07, 6.45) is -2.98. The molecule has 0 saturated carbocycles. The first-order valence-corrected chi connectivity index (χ1v) is 11.3. The number of rotatable bonds is 8. The van der Waals surface area contributed by atoms with E-state index in [1.807, 2.05) is 11.4 Å². The quantitative estimate of drug-likeness (QED) is 0.300. The number of ether oxygens (including phenoxy) is 2. The number of methoxy groups -OCH3 is 1. The summed E-state index contributed by atoms with van der Waals surface area (Å²) in [5, 5.41) is 17.5. The number of hydrogen-bond acceptors (Lipinski definition) is 7. The second-order valence-corrected chi connectivity index (χ2v) is 8.97. The van der Waals surface area contributed by atoms with Gasteiger partial charge in [0.2, 0.25) is 5.95 Å². The number of anilines is 2. The number of hydrogen-bond donors (Lipinski definition) is 3. The van der Waals surface area contributed by atoms with Crippen molar-refractivity contribution in [1.82, 2.24) is 30.3 Å². The van der Waals surface area contributed by atoms with E-state index in [-0.39, 0.29) is 11.5 Å². The monoisotopic (exact) mass is 537 g/mol. The Morgan fingerprint density at radius 2 is 1.95 bits per heavy atom. The average Bonchev–Trinajstić information content (AvgIpc) is 3.45. The number of carbonyl (C=O) groups is 1. The fourth-order valence-electron chi connectivity index (χ4n) is 3.34. The van der Waals surface area contributed by atoms with Crippen LogP contribution < -0.4 is 20.1 Å². The molecule has 0 spiro atoms. The fourth-order valence-corrected chi connectivity index (χ4v) is 3.60. The highest BCUT2D eigenvalue weighted by molar-refractivity contribution is 6.38. The van der Waals surface area contributed by atoms with Crippen molar-refractivity contribution >= 4 is 40.0 Å². The highest BCUT2D eigenvalue weighted by Crippen LogP contribution is 2.34. The molecule has 0 radical (unpaired) electrons. The predicted molar refractivity (Wildman–Crippen MR) is 131 cm³/mol. The number of aryl methyl sites for hydroxylation is 1. The number of nitrogens with zero attached hydrogens (tertiary/aromatic N) is 4. The molecule has 1 amide bonds. The summed E-state index contributed by atoms with van der Waals surface area (Å²) in [6, 6.07) is 8.37. The Hall–Kier alpha value is -4.00. The molecule has 2 aromatic heterocycles. The maximum atomic E-state index is 13.0. The van der Waals surface area contributed by atoms with Crippen molar-refractivity contribution in [2.24, 2.45) is 7.05 Å². The Balaban J connectivity index is 1.49. The highest BCUT2D eigenvalue weighted by Gasteiger charge is 2.48. The van der Waals surface area contributed by atoms with Gasteiger partial charge in [-0.05, 0) is 44.2 Å². The predicted octanol–water partition coefficient (Wildman–Crippen LogP) is 4.60. The third-order valence-electron chi connectivity index (χ3n) is 5.51. The van der Waals surface area contributed by atoms with Gasteiger partial charge < -0.3 is 20.1 Å². The van der Waals surface area contributed by atoms with Crippen molar-refractivity contribution in [3.63, 3.8) is 0 Å². The minimum atomic E-state index is -4.61. The maximum absolute atomic E-state index is 13.0. The summed E-state index contributed by atoms with van der Waals surface area (Å²) in [4.78, 5) is 16.5. The molecular weight excluding hydrogens is 515 g/mol. The van der Waals surface area contributed by atoms with Crippen LogP contribution in [0.15, 0.2) is 36.5 Å². The molecule has 0 aliphatic carbocycles. The van der Waals surface area contributed by atoms with Gasteiger partial charge in [-0.15, -0.1) is 5.10 Å². The lowest BCUT2D eigenvalue weighted by atomic mass is 10.1. The summed E-state index contributed by atoms with van der Waals surface area (Å²) < 4.78 is 51.3. The molecule has 2 aromatic carbocycles. The van der Waals surface area contributed by atoms with E-state index < -0.39 is 24.2 Å². The number of aromatic nitrogens is 5. The van der Waals surface area contributed by atoms with E-state index in [1.165, 1.54) is 17.9 Å². The molecule has 0 aliphatic heterocycles. The molecule has 196 valence electrons. The van der Waals surface area contributed by atoms with Gasteiger partial charge in [-0.2, -0.15) is 23.3 Å². The molecular formula is C23H23ClF3N7O3. The Kier molecular flexibility index (Phi) is 6.91. The molecule has 14 heteroatoms. The molecule has 0 unspecified atom stereocenters. The largest absolute Gasteiger partial charge is 0.493 e. The van der Waals surface area contributed by atoms with Crippen LogP contribution in [-0.4, -0.2) is 56.3 Å². The first-order chi connectivity index (χ1) is 17.4. The molecule has 4 rings (SSSR count). The molecule has 4 aromatic rings. The number of alkyl halides is 3. The Morgan fingerprint density at radius 1 is 1.19 bits per heavy atom. The lowest BCUT2D eigenvalue weighted by Gasteiger charge is -2.28. The van der Waals surface area contributed by atoms with Crippen molar-refractivity contribution in [3.8, 4) is 22.9 Å². The zero-order valence-electron chi connectivity index (χ0n) is 20.2. The van der Waals surface area contributed by atoms with E-state index >= 15 is 0 Å². The summed E-state index contributed by atoms with van der Waals surface area (Å²) in [5.41, 5.74) is -0.408. The topological polar surface area (TPSA) is 119 Å². The molecule has 0 fully saturated rings. The van der Waals surface area contributed by atoms with Crippen molar-refractivity contribution in [2.75, 3.05) is 19.0 Å². The van der Waals surface area contributed by atoms with Crippen LogP contribution in [0.1, 0.15) is 13.8 Å². The van der Waals surface area contributed by atoms with E-state index in [2.05, 4.69) is 25.6 Å². The van der Waals surface area contributed by atoms with Crippen LogP contribution in [0.4, 0.5) is 24.8 Å². The Labute approximate surface area is 214 Å². The summed E-state index contributed by atoms with van der Waals surface area (Å²) in [6.45, 7) is 1.10. The second-order valence-electron chi connectivity index (χ2n) is 8.59. The number of amides is 1. The average molecular weight is 538 g/mol. The van der Waals surface area contributed by atoms with E-state index in [4.69, 9.17) is 21.1 Å². The van der Waals surface area contributed by atoms with Crippen LogP contribution in [0.25, 0.3) is 22.3 Å². The van der Waals surface area contributed by atoms with Gasteiger partial charge in [-0.1, -0.05) is 11.6 Å². The maximum Gasteiger partial charge on any atom is 0.410 e. The van der Waals surface area contributed by atoms with Gasteiger partial charge in [0, 0.05) is 18.0 Å². The van der Waals surface area contributed by atoms with Crippen LogP contribution in [0.5, 0.6) is 11.5 Å². The SMILES string of the molecule is COc1cc(-c2nc(Nc3ccc4[nH]ncc4c3Cl)n(C)n2)ccc1OCC(=O)NC(C)(C)C(F)(F)F. The van der Waals surface area contributed by atoms with Crippen molar-refractivity contribution in [1.29, 1.82) is 0 Å². The zero-order valence-corrected chi connectivity index (χ0v) is 21.0. The minimum absolute atomic E-state index is 0.167. The lowest BCUT2D eigenvalue weighted by Crippen LogP contribution is -2.55. The summed E-state index contributed by atoms with van der Waals surface area (Å²) >= 11 is 6.48. The zero-order chi connectivity index (χ0) is 27.0. The molecule has 37 heavy (non-hydrogen) atoms. The van der Waals surface area contributed by atoms with Crippen LogP contribution in [-0.2, 0) is 11.8 Å². The van der Waals surface area contributed by atoms with Gasteiger partial charge in [0.15, 0.2) is 23.9 Å². The van der Waals surface area contributed by atoms with Crippen LogP contribution in [0.3, 0.4) is 0 Å². The molecule has 0 saturated heterocycles. The van der Waals surface area contributed by atoms with E-state index in [9.17, 15) is 18.0 Å². The summed E-state index contributed by atoms with van der Waals surface area (Å²) in [7, 11) is 3.10. The summed E-state index contributed by atoms with van der Waals surface area (Å²) in [5.74, 6) is 0.266. The van der Waals surface area contributed by atoms with Crippen LogP contribution >= 0.6 is 11.6 Å². The third kappa shape index (κ3) is 5.40. The van der Waals surface area contributed by atoms with Crippen molar-refractivity contribution < 1.29 is 27.4 Å². The molecule has 0 atom stereocenters. The van der Waals surface area contributed by atoms with Crippen LogP contribution in [0.2, 0.25) is 5.02 Å².